The Morgan fingerprint density at radius 1 is 1.12 bits per heavy atom. The molecule has 8 nitrogen and oxygen atoms in total. The van der Waals surface area contributed by atoms with Gasteiger partial charge >= 0.3 is 6.03 Å². The predicted molar refractivity (Wildman–Crippen MR) is 97.0 cm³/mol. The molecule has 1 aromatic rings. The molecular weight excluding hydrogens is 322 g/mol. The monoisotopic (exact) mass is 347 g/mol. The highest BCUT2D eigenvalue weighted by Gasteiger charge is 2.12. The number of ketones is 1. The maximum absolute atomic E-state index is 12.1. The van der Waals surface area contributed by atoms with Gasteiger partial charge in [0, 0.05) is 30.7 Å². The smallest absolute Gasteiger partial charge is 0.326 e. The van der Waals surface area contributed by atoms with Gasteiger partial charge in [0.25, 0.3) is 0 Å². The molecule has 1 aromatic carbocycles. The summed E-state index contributed by atoms with van der Waals surface area (Å²) in [5.74, 6) is 4.60. The lowest BCUT2D eigenvalue weighted by atomic mass is 10.1. The van der Waals surface area contributed by atoms with E-state index in [0.29, 0.717) is 12.1 Å². The van der Waals surface area contributed by atoms with Gasteiger partial charge in [-0.1, -0.05) is 25.1 Å². The van der Waals surface area contributed by atoms with E-state index in [9.17, 15) is 14.4 Å². The number of urea groups is 1. The molecule has 0 bridgehead atoms. The van der Waals surface area contributed by atoms with Crippen molar-refractivity contribution in [3.8, 4) is 0 Å². The van der Waals surface area contributed by atoms with Gasteiger partial charge in [0.2, 0.25) is 5.91 Å². The average molecular weight is 347 g/mol. The third kappa shape index (κ3) is 7.13. The first kappa shape index (κ1) is 20.3. The van der Waals surface area contributed by atoms with Crippen molar-refractivity contribution in [3.05, 3.63) is 29.3 Å². The SMILES string of the molecule is CC/C(CC(=O)CCC(=O)Nc1c(C)cccc1C)=N/NC(=O)NN. The maximum Gasteiger partial charge on any atom is 0.349 e. The Kier molecular flexibility index (Phi) is 8.28. The normalized spacial score (nSPS) is 11.0. The number of benzene rings is 1. The molecular formula is C17H25N5O3. The molecule has 0 unspecified atom stereocenters. The van der Waals surface area contributed by atoms with Crippen molar-refractivity contribution in [1.82, 2.24) is 10.9 Å². The van der Waals surface area contributed by atoms with Gasteiger partial charge in [-0.3, -0.25) is 15.0 Å². The van der Waals surface area contributed by atoms with Gasteiger partial charge in [-0.25, -0.2) is 16.1 Å². The molecule has 25 heavy (non-hydrogen) atoms. The minimum absolute atomic E-state index is 0.0814. The molecule has 0 fully saturated rings. The van der Waals surface area contributed by atoms with Crippen LogP contribution in [0.4, 0.5) is 10.5 Å². The minimum Gasteiger partial charge on any atom is -0.326 e. The number of hydrogen-bond donors (Lipinski definition) is 4. The molecule has 0 aromatic heterocycles. The van der Waals surface area contributed by atoms with E-state index in [2.05, 4.69) is 15.8 Å². The van der Waals surface area contributed by atoms with Crippen molar-refractivity contribution in [2.24, 2.45) is 10.9 Å². The lowest BCUT2D eigenvalue weighted by Crippen LogP contribution is -2.37. The molecule has 0 heterocycles. The standard InChI is InChI=1S/C17H25N5O3/c1-4-13(21-22-17(25)20-18)10-14(23)8-9-15(24)19-16-11(2)6-5-7-12(16)3/h5-7H,4,8-10,18H2,1-3H3,(H,19,24)(H2,20,22,25)/b21-13-. The number of rotatable bonds is 8. The summed E-state index contributed by atoms with van der Waals surface area (Å²) < 4.78 is 0. The quantitative estimate of drug-likeness (QED) is 0.248. The van der Waals surface area contributed by atoms with Crippen LogP contribution in [0.25, 0.3) is 0 Å². The summed E-state index contributed by atoms with van der Waals surface area (Å²) in [6.07, 6.45) is 0.794. The highest BCUT2D eigenvalue weighted by atomic mass is 16.2. The number of carbonyl (C=O) groups is 3. The van der Waals surface area contributed by atoms with E-state index in [0.717, 1.165) is 16.8 Å². The van der Waals surface area contributed by atoms with Gasteiger partial charge in [0.15, 0.2) is 0 Å². The van der Waals surface area contributed by atoms with Crippen LogP contribution in [0.3, 0.4) is 0 Å². The Bertz CT molecular complexity index is 650. The van der Waals surface area contributed by atoms with Crippen molar-refractivity contribution in [3.63, 3.8) is 0 Å². The van der Waals surface area contributed by atoms with Crippen LogP contribution >= 0.6 is 0 Å². The number of amides is 3. The fraction of sp³-hybridized carbons (Fsp3) is 0.412. The first-order valence-corrected chi connectivity index (χ1v) is 8.07. The maximum atomic E-state index is 12.1. The van der Waals surface area contributed by atoms with Crippen LogP contribution in [0.2, 0.25) is 0 Å². The minimum atomic E-state index is -0.661. The molecule has 3 amide bonds. The summed E-state index contributed by atoms with van der Waals surface area (Å²) in [6, 6.07) is 5.10. The van der Waals surface area contributed by atoms with Gasteiger partial charge in [-0.15, -0.1) is 0 Å². The van der Waals surface area contributed by atoms with Gasteiger partial charge in [-0.05, 0) is 31.4 Å². The summed E-state index contributed by atoms with van der Waals surface area (Å²) in [4.78, 5) is 35.0. The second-order valence-corrected chi connectivity index (χ2v) is 5.65. The number of nitrogens with zero attached hydrogens (tertiary/aromatic N) is 1. The highest BCUT2D eigenvalue weighted by molar-refractivity contribution is 6.03. The second kappa shape index (κ2) is 10.2. The first-order valence-electron chi connectivity index (χ1n) is 8.07. The third-order valence-electron chi connectivity index (χ3n) is 3.63. The largest absolute Gasteiger partial charge is 0.349 e. The van der Waals surface area contributed by atoms with E-state index in [4.69, 9.17) is 5.84 Å². The van der Waals surface area contributed by atoms with Crippen LogP contribution in [0.1, 0.15) is 43.7 Å². The summed E-state index contributed by atoms with van der Waals surface area (Å²) in [5, 5.41) is 6.67. The molecule has 1 rings (SSSR count). The van der Waals surface area contributed by atoms with Crippen LogP contribution < -0.4 is 22.0 Å². The molecule has 0 spiro atoms. The predicted octanol–water partition coefficient (Wildman–Crippen LogP) is 1.92. The van der Waals surface area contributed by atoms with Crippen LogP contribution in [-0.4, -0.2) is 23.4 Å². The molecule has 0 radical (unpaired) electrons. The number of hydrazone groups is 1. The Labute approximate surface area is 147 Å². The van der Waals surface area contributed by atoms with E-state index >= 15 is 0 Å². The van der Waals surface area contributed by atoms with Crippen LogP contribution in [0, 0.1) is 13.8 Å². The topological polar surface area (TPSA) is 126 Å². The van der Waals surface area contributed by atoms with E-state index < -0.39 is 6.03 Å². The van der Waals surface area contributed by atoms with E-state index in [1.165, 1.54) is 0 Å². The number of hydrogen-bond acceptors (Lipinski definition) is 5. The zero-order valence-electron chi connectivity index (χ0n) is 14.8. The molecule has 0 saturated carbocycles. The van der Waals surface area contributed by atoms with E-state index in [-0.39, 0.29) is 31.0 Å². The van der Waals surface area contributed by atoms with E-state index in [1.807, 2.05) is 44.4 Å². The molecule has 0 aliphatic heterocycles. The molecule has 0 aliphatic rings. The van der Waals surface area contributed by atoms with Crippen molar-refractivity contribution >= 4 is 29.1 Å². The molecule has 136 valence electrons. The van der Waals surface area contributed by atoms with Gasteiger partial charge in [-0.2, -0.15) is 5.10 Å². The Morgan fingerprint density at radius 3 is 2.32 bits per heavy atom. The molecule has 5 N–H and O–H groups in total. The number of anilines is 1. The van der Waals surface area contributed by atoms with Gasteiger partial charge in [0.05, 0.1) is 0 Å². The summed E-state index contributed by atoms with van der Waals surface area (Å²) >= 11 is 0. The number of Topliss-reactive ketones (excluding diaryl/α,β-unsaturated/α-hetero) is 1. The fourth-order valence-electron chi connectivity index (χ4n) is 2.19. The van der Waals surface area contributed by atoms with Crippen LogP contribution in [0.5, 0.6) is 0 Å². The van der Waals surface area contributed by atoms with Crippen LogP contribution in [0.15, 0.2) is 23.3 Å². The highest BCUT2D eigenvalue weighted by Crippen LogP contribution is 2.19. The number of hydrazine groups is 1. The zero-order chi connectivity index (χ0) is 18.8. The Morgan fingerprint density at radius 2 is 1.76 bits per heavy atom. The van der Waals surface area contributed by atoms with Gasteiger partial charge < -0.3 is 5.32 Å². The van der Waals surface area contributed by atoms with Crippen molar-refractivity contribution in [1.29, 1.82) is 0 Å². The van der Waals surface area contributed by atoms with E-state index in [1.54, 1.807) is 0 Å². The number of aryl methyl sites for hydroxylation is 2. The number of para-hydroxylation sites is 1. The van der Waals surface area contributed by atoms with Crippen LogP contribution in [-0.2, 0) is 9.59 Å². The summed E-state index contributed by atoms with van der Waals surface area (Å²) in [5.41, 5.74) is 7.31. The number of nitrogens with one attached hydrogen (secondary N) is 3. The van der Waals surface area contributed by atoms with Crippen molar-refractivity contribution < 1.29 is 14.4 Å². The molecule has 0 aliphatic carbocycles. The lowest BCUT2D eigenvalue weighted by Gasteiger charge is -2.11. The molecule has 8 heteroatoms. The zero-order valence-corrected chi connectivity index (χ0v) is 14.8. The summed E-state index contributed by atoms with van der Waals surface area (Å²) in [6.45, 7) is 5.66. The number of nitrogens with two attached hydrogens (primary N) is 1. The van der Waals surface area contributed by atoms with Crippen molar-refractivity contribution in [2.75, 3.05) is 5.32 Å². The Hall–Kier alpha value is -2.74. The molecule has 0 atom stereocenters. The van der Waals surface area contributed by atoms with Crippen molar-refractivity contribution in [2.45, 2.75) is 46.5 Å². The average Bonchev–Trinajstić information content (AvgIpc) is 2.59. The Balaban J connectivity index is 2.50. The third-order valence-corrected chi connectivity index (χ3v) is 3.63. The van der Waals surface area contributed by atoms with Gasteiger partial charge in [0.1, 0.15) is 5.78 Å². The number of carbonyl (C=O) groups excluding carboxylic acids is 3. The fourth-order valence-corrected chi connectivity index (χ4v) is 2.19. The summed E-state index contributed by atoms with van der Waals surface area (Å²) in [7, 11) is 0. The second-order valence-electron chi connectivity index (χ2n) is 5.65. The lowest BCUT2D eigenvalue weighted by molar-refractivity contribution is -0.122. The first-order chi connectivity index (χ1) is 11.9. The molecule has 0 saturated heterocycles.